The molecule has 0 fully saturated rings. The fourth-order valence-electron chi connectivity index (χ4n) is 1.97. The van der Waals surface area contributed by atoms with Crippen molar-refractivity contribution in [1.82, 2.24) is 0 Å². The van der Waals surface area contributed by atoms with Crippen LogP contribution in [-0.4, -0.2) is 13.0 Å². The van der Waals surface area contributed by atoms with Gasteiger partial charge in [0.15, 0.2) is 0 Å². The number of methoxy groups -OCH3 is 1. The Bertz CT molecular complexity index is 609. The number of anilines is 1. The number of para-hydroxylation sites is 1. The lowest BCUT2D eigenvalue weighted by Gasteiger charge is -2.13. The fourth-order valence-corrected chi connectivity index (χ4v) is 1.97. The minimum atomic E-state index is -0.183. The number of nitrogens with one attached hydrogen (secondary N) is 1. The highest BCUT2D eigenvalue weighted by atomic mass is 16.5. The van der Waals surface area contributed by atoms with Crippen molar-refractivity contribution in [3.05, 3.63) is 59.7 Å². The lowest BCUT2D eigenvalue weighted by Crippen LogP contribution is -2.15. The van der Waals surface area contributed by atoms with Crippen LogP contribution in [-0.2, 0) is 0 Å². The Labute approximate surface area is 118 Å². The molecular formula is C16H18N2O2. The van der Waals surface area contributed by atoms with Crippen LogP contribution in [0.2, 0.25) is 0 Å². The van der Waals surface area contributed by atoms with Crippen molar-refractivity contribution < 1.29 is 9.53 Å². The molecule has 0 aliphatic rings. The van der Waals surface area contributed by atoms with Crippen LogP contribution < -0.4 is 15.8 Å². The summed E-state index contributed by atoms with van der Waals surface area (Å²) in [5.74, 6) is 0.468. The SMILES string of the molecule is COc1cccc(C(=O)Nc2ccccc2C(C)N)c1. The van der Waals surface area contributed by atoms with Gasteiger partial charge in [-0.3, -0.25) is 4.79 Å². The summed E-state index contributed by atoms with van der Waals surface area (Å²) >= 11 is 0. The molecule has 0 bridgehead atoms. The third kappa shape index (κ3) is 3.16. The number of carbonyl (C=O) groups excluding carboxylic acids is 1. The zero-order valence-corrected chi connectivity index (χ0v) is 11.6. The monoisotopic (exact) mass is 270 g/mol. The maximum absolute atomic E-state index is 12.2. The largest absolute Gasteiger partial charge is 0.497 e. The highest BCUT2D eigenvalue weighted by Gasteiger charge is 2.11. The Morgan fingerprint density at radius 2 is 1.95 bits per heavy atom. The summed E-state index contributed by atoms with van der Waals surface area (Å²) in [5.41, 5.74) is 8.09. The molecule has 0 radical (unpaired) electrons. The first-order valence-corrected chi connectivity index (χ1v) is 6.41. The predicted molar refractivity (Wildman–Crippen MR) is 80.0 cm³/mol. The molecule has 3 N–H and O–H groups in total. The fraction of sp³-hybridized carbons (Fsp3) is 0.188. The molecule has 0 heterocycles. The van der Waals surface area contributed by atoms with E-state index in [2.05, 4.69) is 5.32 Å². The van der Waals surface area contributed by atoms with E-state index in [9.17, 15) is 4.79 Å². The first-order chi connectivity index (χ1) is 9.61. The summed E-state index contributed by atoms with van der Waals surface area (Å²) in [6, 6.07) is 14.4. The van der Waals surface area contributed by atoms with Gasteiger partial charge in [-0.05, 0) is 36.8 Å². The van der Waals surface area contributed by atoms with Crippen LogP contribution in [0, 0.1) is 0 Å². The van der Waals surface area contributed by atoms with Gasteiger partial charge in [-0.1, -0.05) is 24.3 Å². The molecule has 2 aromatic carbocycles. The minimum absolute atomic E-state index is 0.142. The molecule has 1 unspecified atom stereocenters. The smallest absolute Gasteiger partial charge is 0.255 e. The van der Waals surface area contributed by atoms with Crippen molar-refractivity contribution in [3.8, 4) is 5.75 Å². The molecular weight excluding hydrogens is 252 g/mol. The first kappa shape index (κ1) is 14.1. The average molecular weight is 270 g/mol. The summed E-state index contributed by atoms with van der Waals surface area (Å²) < 4.78 is 5.12. The van der Waals surface area contributed by atoms with Gasteiger partial charge < -0.3 is 15.8 Å². The zero-order valence-electron chi connectivity index (χ0n) is 11.6. The Morgan fingerprint density at radius 1 is 1.20 bits per heavy atom. The third-order valence-corrected chi connectivity index (χ3v) is 3.03. The van der Waals surface area contributed by atoms with Crippen molar-refractivity contribution in [2.45, 2.75) is 13.0 Å². The van der Waals surface area contributed by atoms with Crippen LogP contribution >= 0.6 is 0 Å². The Kier molecular flexibility index (Phi) is 4.38. The molecule has 0 aliphatic carbocycles. The van der Waals surface area contributed by atoms with Gasteiger partial charge in [0.25, 0.3) is 5.91 Å². The van der Waals surface area contributed by atoms with Gasteiger partial charge in [-0.15, -0.1) is 0 Å². The second-order valence-corrected chi connectivity index (χ2v) is 4.56. The van der Waals surface area contributed by atoms with Crippen LogP contribution in [0.15, 0.2) is 48.5 Å². The van der Waals surface area contributed by atoms with E-state index in [-0.39, 0.29) is 11.9 Å². The van der Waals surface area contributed by atoms with E-state index < -0.39 is 0 Å². The van der Waals surface area contributed by atoms with Crippen molar-refractivity contribution >= 4 is 11.6 Å². The molecule has 2 rings (SSSR count). The molecule has 1 atom stereocenters. The average Bonchev–Trinajstić information content (AvgIpc) is 2.47. The van der Waals surface area contributed by atoms with E-state index in [1.54, 1.807) is 31.4 Å². The van der Waals surface area contributed by atoms with E-state index in [4.69, 9.17) is 10.5 Å². The van der Waals surface area contributed by atoms with Gasteiger partial charge in [-0.25, -0.2) is 0 Å². The van der Waals surface area contributed by atoms with Crippen LogP contribution in [0.4, 0.5) is 5.69 Å². The van der Waals surface area contributed by atoms with Gasteiger partial charge in [0.1, 0.15) is 5.75 Å². The van der Waals surface area contributed by atoms with Gasteiger partial charge >= 0.3 is 0 Å². The Hall–Kier alpha value is -2.33. The van der Waals surface area contributed by atoms with Gasteiger partial charge in [-0.2, -0.15) is 0 Å². The van der Waals surface area contributed by atoms with Crippen LogP contribution in [0.5, 0.6) is 5.75 Å². The van der Waals surface area contributed by atoms with Gasteiger partial charge in [0.2, 0.25) is 0 Å². The number of carbonyl (C=O) groups is 1. The molecule has 104 valence electrons. The van der Waals surface area contributed by atoms with E-state index in [0.29, 0.717) is 11.3 Å². The maximum atomic E-state index is 12.2. The normalized spacial score (nSPS) is 11.8. The molecule has 1 amide bonds. The van der Waals surface area contributed by atoms with Crippen molar-refractivity contribution in [2.24, 2.45) is 5.73 Å². The molecule has 0 spiro atoms. The first-order valence-electron chi connectivity index (χ1n) is 6.41. The van der Waals surface area contributed by atoms with E-state index >= 15 is 0 Å². The summed E-state index contributed by atoms with van der Waals surface area (Å²) in [7, 11) is 1.57. The molecule has 0 saturated heterocycles. The lowest BCUT2D eigenvalue weighted by molar-refractivity contribution is 0.102. The van der Waals surface area contributed by atoms with Crippen LogP contribution in [0.3, 0.4) is 0 Å². The topological polar surface area (TPSA) is 64.3 Å². The van der Waals surface area contributed by atoms with Crippen molar-refractivity contribution in [1.29, 1.82) is 0 Å². The second kappa shape index (κ2) is 6.21. The molecule has 2 aromatic rings. The van der Waals surface area contributed by atoms with E-state index in [1.165, 1.54) is 0 Å². The second-order valence-electron chi connectivity index (χ2n) is 4.56. The van der Waals surface area contributed by atoms with Crippen LogP contribution in [0.25, 0.3) is 0 Å². The Balaban J connectivity index is 2.23. The number of amides is 1. The Morgan fingerprint density at radius 3 is 2.65 bits per heavy atom. The summed E-state index contributed by atoms with van der Waals surface area (Å²) in [4.78, 5) is 12.2. The molecule has 4 nitrogen and oxygen atoms in total. The number of rotatable bonds is 4. The minimum Gasteiger partial charge on any atom is -0.497 e. The van der Waals surface area contributed by atoms with Crippen molar-refractivity contribution in [3.63, 3.8) is 0 Å². The van der Waals surface area contributed by atoms with Crippen molar-refractivity contribution in [2.75, 3.05) is 12.4 Å². The van der Waals surface area contributed by atoms with Gasteiger partial charge in [0.05, 0.1) is 7.11 Å². The number of hydrogen-bond donors (Lipinski definition) is 2. The summed E-state index contributed by atoms with van der Waals surface area (Å²) in [6.45, 7) is 1.89. The highest BCUT2D eigenvalue weighted by Crippen LogP contribution is 2.22. The zero-order chi connectivity index (χ0) is 14.5. The highest BCUT2D eigenvalue weighted by molar-refractivity contribution is 6.04. The molecule has 0 aliphatic heterocycles. The maximum Gasteiger partial charge on any atom is 0.255 e. The lowest BCUT2D eigenvalue weighted by atomic mass is 10.1. The number of ether oxygens (including phenoxy) is 1. The molecule has 0 saturated carbocycles. The predicted octanol–water partition coefficient (Wildman–Crippen LogP) is 2.97. The number of benzene rings is 2. The summed E-state index contributed by atoms with van der Waals surface area (Å²) in [5, 5.41) is 2.88. The molecule has 20 heavy (non-hydrogen) atoms. The van der Waals surface area contributed by atoms with Crippen LogP contribution in [0.1, 0.15) is 28.9 Å². The van der Waals surface area contributed by atoms with E-state index in [0.717, 1.165) is 11.3 Å². The number of nitrogens with two attached hydrogens (primary N) is 1. The third-order valence-electron chi connectivity index (χ3n) is 3.03. The summed E-state index contributed by atoms with van der Waals surface area (Å²) in [6.07, 6.45) is 0. The number of hydrogen-bond acceptors (Lipinski definition) is 3. The quantitative estimate of drug-likeness (QED) is 0.897. The molecule has 4 heteroatoms. The van der Waals surface area contributed by atoms with Gasteiger partial charge in [0, 0.05) is 17.3 Å². The van der Waals surface area contributed by atoms with E-state index in [1.807, 2.05) is 31.2 Å². The standard InChI is InChI=1S/C16H18N2O2/c1-11(17)14-8-3-4-9-15(14)18-16(19)12-6-5-7-13(10-12)20-2/h3-11H,17H2,1-2H3,(H,18,19). The molecule has 0 aromatic heterocycles.